The van der Waals surface area contributed by atoms with Gasteiger partial charge in [-0.3, -0.25) is 0 Å². The van der Waals surface area contributed by atoms with Crippen molar-refractivity contribution in [3.05, 3.63) is 54.1 Å². The Morgan fingerprint density at radius 1 is 0.778 bits per heavy atom. The standard InChI is InChI=1S/C15H17NS2/c1-17-14-7-3-12(4-8-14)11-16-13-5-9-15(18-2)10-6-13/h3-10,16H,11H2,1-2H3. The van der Waals surface area contributed by atoms with Crippen LogP contribution in [0.25, 0.3) is 0 Å². The third-order valence-corrected chi connectivity index (χ3v) is 4.23. The largest absolute Gasteiger partial charge is 0.381 e. The first kappa shape index (κ1) is 13.4. The summed E-state index contributed by atoms with van der Waals surface area (Å²) in [5.41, 5.74) is 2.48. The number of rotatable bonds is 5. The first-order valence-corrected chi connectivity index (χ1v) is 8.27. The maximum Gasteiger partial charge on any atom is 0.0400 e. The minimum atomic E-state index is 0.868. The van der Waals surface area contributed by atoms with Crippen LogP contribution in [0.3, 0.4) is 0 Å². The van der Waals surface area contributed by atoms with Crippen LogP contribution >= 0.6 is 23.5 Å². The van der Waals surface area contributed by atoms with Crippen molar-refractivity contribution in [2.75, 3.05) is 17.8 Å². The van der Waals surface area contributed by atoms with Crippen LogP contribution in [-0.2, 0) is 6.54 Å². The molecule has 18 heavy (non-hydrogen) atoms. The van der Waals surface area contributed by atoms with E-state index >= 15 is 0 Å². The van der Waals surface area contributed by atoms with E-state index in [2.05, 4.69) is 66.4 Å². The normalized spacial score (nSPS) is 10.3. The second-order valence-electron chi connectivity index (χ2n) is 3.93. The Morgan fingerprint density at radius 3 is 1.78 bits per heavy atom. The van der Waals surface area contributed by atoms with Crippen LogP contribution in [0.4, 0.5) is 5.69 Å². The summed E-state index contributed by atoms with van der Waals surface area (Å²) in [6, 6.07) is 17.2. The highest BCUT2D eigenvalue weighted by Crippen LogP contribution is 2.19. The van der Waals surface area contributed by atoms with E-state index in [9.17, 15) is 0 Å². The minimum absolute atomic E-state index is 0.868. The van der Waals surface area contributed by atoms with Crippen molar-refractivity contribution in [1.82, 2.24) is 0 Å². The van der Waals surface area contributed by atoms with Gasteiger partial charge in [0.25, 0.3) is 0 Å². The van der Waals surface area contributed by atoms with Crippen LogP contribution in [-0.4, -0.2) is 12.5 Å². The molecule has 1 N–H and O–H groups in total. The van der Waals surface area contributed by atoms with Crippen LogP contribution in [0.5, 0.6) is 0 Å². The highest BCUT2D eigenvalue weighted by atomic mass is 32.2. The Labute approximate surface area is 117 Å². The molecule has 0 atom stereocenters. The lowest BCUT2D eigenvalue weighted by atomic mass is 10.2. The number of hydrogen-bond donors (Lipinski definition) is 1. The monoisotopic (exact) mass is 275 g/mol. The number of anilines is 1. The molecular weight excluding hydrogens is 258 g/mol. The molecule has 0 heterocycles. The van der Waals surface area contributed by atoms with Gasteiger partial charge >= 0.3 is 0 Å². The molecular formula is C15H17NS2. The quantitative estimate of drug-likeness (QED) is 0.791. The molecule has 0 unspecified atom stereocenters. The molecule has 0 fully saturated rings. The van der Waals surface area contributed by atoms with E-state index in [1.807, 2.05) is 0 Å². The van der Waals surface area contributed by atoms with E-state index in [1.165, 1.54) is 21.0 Å². The van der Waals surface area contributed by atoms with Gasteiger partial charge in [0.2, 0.25) is 0 Å². The molecule has 0 radical (unpaired) electrons. The van der Waals surface area contributed by atoms with E-state index in [-0.39, 0.29) is 0 Å². The molecule has 2 aromatic carbocycles. The van der Waals surface area contributed by atoms with E-state index in [0.29, 0.717) is 0 Å². The molecule has 0 bridgehead atoms. The topological polar surface area (TPSA) is 12.0 Å². The van der Waals surface area contributed by atoms with Gasteiger partial charge in [0.15, 0.2) is 0 Å². The summed E-state index contributed by atoms with van der Waals surface area (Å²) in [6.07, 6.45) is 4.19. The number of hydrogen-bond acceptors (Lipinski definition) is 3. The Bertz CT molecular complexity index is 429. The fourth-order valence-electron chi connectivity index (χ4n) is 1.66. The average Bonchev–Trinajstić information content (AvgIpc) is 2.46. The summed E-state index contributed by atoms with van der Waals surface area (Å²) < 4.78 is 0. The van der Waals surface area contributed by atoms with Crippen LogP contribution in [0.15, 0.2) is 58.3 Å². The SMILES string of the molecule is CSc1ccc(CNc2ccc(SC)cc2)cc1. The van der Waals surface area contributed by atoms with E-state index in [1.54, 1.807) is 23.5 Å². The third kappa shape index (κ3) is 3.72. The molecule has 0 saturated carbocycles. The molecule has 0 saturated heterocycles. The molecule has 3 heteroatoms. The predicted octanol–water partition coefficient (Wildman–Crippen LogP) is 4.74. The molecule has 2 rings (SSSR count). The number of benzene rings is 2. The highest BCUT2D eigenvalue weighted by Gasteiger charge is 1.96. The summed E-state index contributed by atoms with van der Waals surface area (Å²) in [7, 11) is 0. The summed E-state index contributed by atoms with van der Waals surface area (Å²) in [5.74, 6) is 0. The van der Waals surface area contributed by atoms with E-state index in [0.717, 1.165) is 6.54 Å². The van der Waals surface area contributed by atoms with Gasteiger partial charge < -0.3 is 5.32 Å². The number of nitrogens with one attached hydrogen (secondary N) is 1. The lowest BCUT2D eigenvalue weighted by Gasteiger charge is -2.07. The Hall–Kier alpha value is -1.06. The van der Waals surface area contributed by atoms with Crippen molar-refractivity contribution < 1.29 is 0 Å². The second-order valence-corrected chi connectivity index (χ2v) is 5.69. The molecule has 0 amide bonds. The second kappa shape index (κ2) is 6.76. The first-order valence-electron chi connectivity index (χ1n) is 5.82. The minimum Gasteiger partial charge on any atom is -0.381 e. The first-order chi connectivity index (χ1) is 8.81. The van der Waals surface area contributed by atoms with Crippen molar-refractivity contribution in [2.24, 2.45) is 0 Å². The molecule has 0 aliphatic rings. The zero-order chi connectivity index (χ0) is 12.8. The van der Waals surface area contributed by atoms with Gasteiger partial charge in [-0.25, -0.2) is 0 Å². The van der Waals surface area contributed by atoms with Gasteiger partial charge in [0.05, 0.1) is 0 Å². The van der Waals surface area contributed by atoms with Crippen molar-refractivity contribution in [2.45, 2.75) is 16.3 Å². The van der Waals surface area contributed by atoms with Gasteiger partial charge in [0, 0.05) is 22.0 Å². The van der Waals surface area contributed by atoms with Gasteiger partial charge in [-0.05, 0) is 54.5 Å². The van der Waals surface area contributed by atoms with Gasteiger partial charge in [0.1, 0.15) is 0 Å². The Morgan fingerprint density at radius 2 is 1.28 bits per heavy atom. The van der Waals surface area contributed by atoms with Gasteiger partial charge in [-0.2, -0.15) is 0 Å². The van der Waals surface area contributed by atoms with Gasteiger partial charge in [-0.1, -0.05) is 12.1 Å². The molecule has 0 aliphatic heterocycles. The molecule has 0 aliphatic carbocycles. The lowest BCUT2D eigenvalue weighted by Crippen LogP contribution is -1.98. The molecule has 0 spiro atoms. The zero-order valence-electron chi connectivity index (χ0n) is 10.6. The summed E-state index contributed by atoms with van der Waals surface area (Å²) in [4.78, 5) is 2.60. The fraction of sp³-hybridized carbons (Fsp3) is 0.200. The lowest BCUT2D eigenvalue weighted by molar-refractivity contribution is 1.14. The Balaban J connectivity index is 1.93. The molecule has 1 nitrogen and oxygen atoms in total. The summed E-state index contributed by atoms with van der Waals surface area (Å²) >= 11 is 3.54. The summed E-state index contributed by atoms with van der Waals surface area (Å²) in [5, 5.41) is 3.43. The highest BCUT2D eigenvalue weighted by molar-refractivity contribution is 7.98. The number of thioether (sulfide) groups is 2. The van der Waals surface area contributed by atoms with Crippen molar-refractivity contribution in [3.8, 4) is 0 Å². The van der Waals surface area contributed by atoms with Crippen molar-refractivity contribution in [3.63, 3.8) is 0 Å². The van der Waals surface area contributed by atoms with E-state index in [4.69, 9.17) is 0 Å². The maximum atomic E-state index is 3.43. The van der Waals surface area contributed by atoms with Crippen LogP contribution in [0.1, 0.15) is 5.56 Å². The molecule has 2 aromatic rings. The van der Waals surface area contributed by atoms with Crippen LogP contribution in [0.2, 0.25) is 0 Å². The Kier molecular flexibility index (Phi) is 5.02. The predicted molar refractivity (Wildman–Crippen MR) is 83.8 cm³/mol. The van der Waals surface area contributed by atoms with Crippen LogP contribution < -0.4 is 5.32 Å². The molecule has 94 valence electrons. The van der Waals surface area contributed by atoms with Gasteiger partial charge in [-0.15, -0.1) is 23.5 Å². The fourth-order valence-corrected chi connectivity index (χ4v) is 2.47. The summed E-state index contributed by atoms with van der Waals surface area (Å²) in [6.45, 7) is 0.868. The van der Waals surface area contributed by atoms with Crippen LogP contribution in [0, 0.1) is 0 Å². The van der Waals surface area contributed by atoms with Crippen molar-refractivity contribution >= 4 is 29.2 Å². The molecule has 0 aromatic heterocycles. The average molecular weight is 275 g/mol. The van der Waals surface area contributed by atoms with E-state index < -0.39 is 0 Å². The maximum absolute atomic E-state index is 3.43. The third-order valence-electron chi connectivity index (χ3n) is 2.75. The van der Waals surface area contributed by atoms with Crippen molar-refractivity contribution in [1.29, 1.82) is 0 Å². The smallest absolute Gasteiger partial charge is 0.0400 e. The zero-order valence-corrected chi connectivity index (χ0v) is 12.3.